The van der Waals surface area contributed by atoms with Gasteiger partial charge in [0, 0.05) is 22.9 Å². The number of nitrogens with zero attached hydrogens (tertiary/aromatic N) is 3. The molecule has 3 N–H and O–H groups in total. The van der Waals surface area contributed by atoms with Gasteiger partial charge in [-0.2, -0.15) is 9.78 Å². The van der Waals surface area contributed by atoms with Crippen molar-refractivity contribution in [3.05, 3.63) is 101 Å². The smallest absolute Gasteiger partial charge is 0.238 e. The molecule has 176 valence electrons. The summed E-state index contributed by atoms with van der Waals surface area (Å²) in [7, 11) is -3.79. The lowest BCUT2D eigenvalue weighted by Gasteiger charge is -2.07. The van der Waals surface area contributed by atoms with Gasteiger partial charge in [0.25, 0.3) is 0 Å². The van der Waals surface area contributed by atoms with E-state index >= 15 is 0 Å². The Morgan fingerprint density at radius 1 is 0.943 bits per heavy atom. The minimum Gasteiger partial charge on any atom is -0.493 e. The molecule has 0 aliphatic heterocycles. The van der Waals surface area contributed by atoms with Gasteiger partial charge in [-0.3, -0.25) is 0 Å². The Balaban J connectivity index is 1.62. The van der Waals surface area contributed by atoms with Gasteiger partial charge >= 0.3 is 0 Å². The van der Waals surface area contributed by atoms with Crippen molar-refractivity contribution in [3.63, 3.8) is 0 Å². The summed E-state index contributed by atoms with van der Waals surface area (Å²) in [6.45, 7) is 1.89. The van der Waals surface area contributed by atoms with E-state index < -0.39 is 10.0 Å². The second-order valence-corrected chi connectivity index (χ2v) is 10.5. The highest BCUT2D eigenvalue weighted by Gasteiger charge is 2.22. The fraction of sp³-hybridized carbons (Fsp3) is 0.0769. The van der Waals surface area contributed by atoms with Gasteiger partial charge in [0.15, 0.2) is 0 Å². The highest BCUT2D eigenvalue weighted by molar-refractivity contribution is 7.89. The molecule has 2 heterocycles. The summed E-state index contributed by atoms with van der Waals surface area (Å²) >= 11 is 1.39. The van der Waals surface area contributed by atoms with Gasteiger partial charge in [0.2, 0.25) is 21.0 Å². The van der Waals surface area contributed by atoms with Crippen molar-refractivity contribution in [2.75, 3.05) is 0 Å². The largest absolute Gasteiger partial charge is 0.493 e. The van der Waals surface area contributed by atoms with Crippen molar-refractivity contribution < 1.29 is 13.5 Å². The first-order valence-corrected chi connectivity index (χ1v) is 13.2. The van der Waals surface area contributed by atoms with Crippen molar-refractivity contribution in [3.8, 4) is 33.4 Å². The molecule has 5 aromatic rings. The van der Waals surface area contributed by atoms with Crippen LogP contribution in [0.4, 0.5) is 0 Å². The first kappa shape index (κ1) is 23.0. The zero-order chi connectivity index (χ0) is 24.6. The van der Waals surface area contributed by atoms with Gasteiger partial charge in [-0.15, -0.1) is 11.3 Å². The van der Waals surface area contributed by atoms with Crippen LogP contribution in [0.3, 0.4) is 0 Å². The van der Waals surface area contributed by atoms with Crippen LogP contribution in [-0.2, 0) is 16.4 Å². The molecule has 0 aliphatic rings. The van der Waals surface area contributed by atoms with E-state index in [-0.39, 0.29) is 10.8 Å². The van der Waals surface area contributed by atoms with Gasteiger partial charge in [-0.25, -0.2) is 18.5 Å². The first-order valence-electron chi connectivity index (χ1n) is 10.8. The molecule has 0 bridgehead atoms. The first-order chi connectivity index (χ1) is 16.8. The standard InChI is InChI=1S/C26H22N4O3S2/c1-17-16-34-26(28-17)30-25(31)23(14-18-10-12-22(13-11-18)35(27,32)33)24(29-30)21-9-5-8-20(15-21)19-6-3-2-4-7-19/h2-13,15-16,31H,14H2,1H3,(H2,27,32,33). The summed E-state index contributed by atoms with van der Waals surface area (Å²) in [6, 6.07) is 24.3. The molecule has 7 nitrogen and oxygen atoms in total. The lowest BCUT2D eigenvalue weighted by Crippen LogP contribution is -2.11. The predicted molar refractivity (Wildman–Crippen MR) is 137 cm³/mol. The number of rotatable bonds is 6. The summed E-state index contributed by atoms with van der Waals surface area (Å²) in [6.07, 6.45) is 0.339. The van der Waals surface area contributed by atoms with Crippen molar-refractivity contribution >= 4 is 21.4 Å². The molecule has 0 unspecified atom stereocenters. The Hall–Kier alpha value is -3.79. The zero-order valence-corrected chi connectivity index (χ0v) is 20.4. The van der Waals surface area contributed by atoms with Crippen LogP contribution in [0.25, 0.3) is 27.5 Å². The second kappa shape index (κ2) is 9.10. The van der Waals surface area contributed by atoms with Crippen molar-refractivity contribution in [1.29, 1.82) is 0 Å². The Morgan fingerprint density at radius 3 is 2.29 bits per heavy atom. The summed E-state index contributed by atoms with van der Waals surface area (Å²) < 4.78 is 24.7. The Bertz CT molecular complexity index is 1610. The molecule has 5 rings (SSSR count). The van der Waals surface area contributed by atoms with Crippen LogP contribution >= 0.6 is 11.3 Å². The van der Waals surface area contributed by atoms with Crippen LogP contribution in [0.2, 0.25) is 0 Å². The van der Waals surface area contributed by atoms with Crippen LogP contribution < -0.4 is 5.14 Å². The highest BCUT2D eigenvalue weighted by atomic mass is 32.2. The minimum absolute atomic E-state index is 0.00464. The number of sulfonamides is 1. The number of aryl methyl sites for hydroxylation is 1. The fourth-order valence-corrected chi connectivity index (χ4v) is 5.15. The molecule has 3 aromatic carbocycles. The van der Waals surface area contributed by atoms with Crippen LogP contribution in [-0.4, -0.2) is 28.3 Å². The molecule has 0 radical (unpaired) electrons. The molecule has 2 aromatic heterocycles. The Morgan fingerprint density at radius 2 is 1.63 bits per heavy atom. The molecule has 35 heavy (non-hydrogen) atoms. The van der Waals surface area contributed by atoms with Crippen LogP contribution in [0.5, 0.6) is 5.88 Å². The number of hydrogen-bond acceptors (Lipinski definition) is 6. The van der Waals surface area contributed by atoms with Crippen LogP contribution in [0.1, 0.15) is 16.8 Å². The number of hydrogen-bond donors (Lipinski definition) is 2. The van der Waals surface area contributed by atoms with E-state index in [9.17, 15) is 13.5 Å². The second-order valence-electron chi connectivity index (χ2n) is 8.15. The molecule has 0 amide bonds. The molecule has 0 spiro atoms. The van der Waals surface area contributed by atoms with E-state index in [1.165, 1.54) is 28.2 Å². The van der Waals surface area contributed by atoms with Crippen LogP contribution in [0, 0.1) is 6.92 Å². The number of aromatic hydroxyl groups is 1. The third-order valence-electron chi connectivity index (χ3n) is 5.62. The van der Waals surface area contributed by atoms with E-state index in [1.807, 2.05) is 66.9 Å². The topological polar surface area (TPSA) is 111 Å². The van der Waals surface area contributed by atoms with Gasteiger partial charge in [0.05, 0.1) is 10.6 Å². The number of benzene rings is 3. The van der Waals surface area contributed by atoms with Gasteiger partial charge in [-0.05, 0) is 41.8 Å². The molecule has 0 saturated heterocycles. The number of aromatic nitrogens is 3. The normalized spacial score (nSPS) is 11.6. The van der Waals surface area contributed by atoms with Gasteiger partial charge in [0.1, 0.15) is 5.69 Å². The minimum atomic E-state index is -3.79. The highest BCUT2D eigenvalue weighted by Crippen LogP contribution is 2.36. The monoisotopic (exact) mass is 502 g/mol. The predicted octanol–water partition coefficient (Wildman–Crippen LogP) is 4.92. The third-order valence-corrected chi connectivity index (χ3v) is 7.48. The summed E-state index contributed by atoms with van der Waals surface area (Å²) in [5.41, 5.74) is 5.86. The zero-order valence-electron chi connectivity index (χ0n) is 18.8. The average Bonchev–Trinajstić information content (AvgIpc) is 3.42. The molecule has 0 aliphatic carbocycles. The maximum absolute atomic E-state index is 11.6. The lowest BCUT2D eigenvalue weighted by atomic mass is 9.98. The van der Waals surface area contributed by atoms with Crippen molar-refractivity contribution in [2.45, 2.75) is 18.2 Å². The fourth-order valence-electron chi connectivity index (χ4n) is 3.89. The van der Waals surface area contributed by atoms with Crippen molar-refractivity contribution in [2.24, 2.45) is 5.14 Å². The van der Waals surface area contributed by atoms with E-state index in [4.69, 9.17) is 10.2 Å². The van der Waals surface area contributed by atoms with Crippen LogP contribution in [0.15, 0.2) is 89.1 Å². The van der Waals surface area contributed by atoms with E-state index in [0.717, 1.165) is 27.9 Å². The van der Waals surface area contributed by atoms with Gasteiger partial charge in [-0.1, -0.05) is 60.7 Å². The van der Waals surface area contributed by atoms with E-state index in [1.54, 1.807) is 12.1 Å². The third kappa shape index (κ3) is 4.74. The van der Waals surface area contributed by atoms with E-state index in [0.29, 0.717) is 22.8 Å². The number of primary sulfonamides is 1. The quantitative estimate of drug-likeness (QED) is 0.343. The average molecular weight is 503 g/mol. The maximum atomic E-state index is 11.6. The van der Waals surface area contributed by atoms with Crippen molar-refractivity contribution in [1.82, 2.24) is 14.8 Å². The number of nitrogens with two attached hydrogens (primary N) is 1. The molecular formula is C26H22N4O3S2. The summed E-state index contributed by atoms with van der Waals surface area (Å²) in [5, 5.41) is 23.7. The Kier molecular flexibility index (Phi) is 5.98. The molecule has 0 fully saturated rings. The molecule has 0 atom stereocenters. The number of thiazole rings is 1. The molecule has 0 saturated carbocycles. The summed E-state index contributed by atoms with van der Waals surface area (Å²) in [4.78, 5) is 4.52. The van der Waals surface area contributed by atoms with E-state index in [2.05, 4.69) is 4.98 Å². The van der Waals surface area contributed by atoms with Gasteiger partial charge < -0.3 is 5.11 Å². The summed E-state index contributed by atoms with van der Waals surface area (Å²) in [5.74, 6) is -0.00464. The maximum Gasteiger partial charge on any atom is 0.238 e. The molecule has 9 heteroatoms. The SMILES string of the molecule is Cc1csc(-n2nc(-c3cccc(-c4ccccc4)c3)c(Cc3ccc(S(N)(=O)=O)cc3)c2O)n1. The molecular weight excluding hydrogens is 480 g/mol. The Labute approximate surface area is 207 Å². The lowest BCUT2D eigenvalue weighted by molar-refractivity contribution is 0.428.